The van der Waals surface area contributed by atoms with E-state index in [2.05, 4.69) is 44.6 Å². The van der Waals surface area contributed by atoms with Crippen molar-refractivity contribution in [2.24, 2.45) is 0 Å². The van der Waals surface area contributed by atoms with Crippen LogP contribution in [0.3, 0.4) is 0 Å². The van der Waals surface area contributed by atoms with Crippen molar-refractivity contribution in [1.29, 1.82) is 0 Å². The molecule has 1 amide bonds. The summed E-state index contributed by atoms with van der Waals surface area (Å²) in [6.07, 6.45) is 3.42. The summed E-state index contributed by atoms with van der Waals surface area (Å²) in [5.74, 6) is 1.99. The van der Waals surface area contributed by atoms with Crippen LogP contribution in [-0.4, -0.2) is 39.6 Å². The maximum Gasteiger partial charge on any atom is 0.255 e. The number of anilines is 2. The Balaban J connectivity index is 1.35. The zero-order valence-electron chi connectivity index (χ0n) is 20.7. The molecular weight excluding hydrogens is 468 g/mol. The highest BCUT2D eigenvalue weighted by molar-refractivity contribution is 6.05. The van der Waals surface area contributed by atoms with Gasteiger partial charge in [-0.3, -0.25) is 9.36 Å². The van der Waals surface area contributed by atoms with E-state index >= 15 is 0 Å². The SMILES string of the molecule is COc1ccc(C(=O)Nc2ccc3c(c2)ncn3-c2ccnc(N[C@@H](C)c3ccccc3)n2)cc1OC. The van der Waals surface area contributed by atoms with Gasteiger partial charge in [0.15, 0.2) is 11.5 Å². The van der Waals surface area contributed by atoms with Gasteiger partial charge in [0.2, 0.25) is 5.95 Å². The van der Waals surface area contributed by atoms with Crippen molar-refractivity contribution in [1.82, 2.24) is 19.5 Å². The Bertz CT molecular complexity index is 1550. The molecule has 0 aliphatic carbocycles. The quantitative estimate of drug-likeness (QED) is 0.303. The van der Waals surface area contributed by atoms with Gasteiger partial charge in [-0.05, 0) is 55.0 Å². The van der Waals surface area contributed by atoms with Gasteiger partial charge in [-0.2, -0.15) is 4.98 Å². The fraction of sp³-hybridized carbons (Fsp3) is 0.143. The number of fused-ring (bicyclic) bond motifs is 1. The smallest absolute Gasteiger partial charge is 0.255 e. The number of imidazole rings is 1. The van der Waals surface area contributed by atoms with Gasteiger partial charge in [-0.1, -0.05) is 30.3 Å². The first-order valence-electron chi connectivity index (χ1n) is 11.7. The second kappa shape index (κ2) is 10.4. The predicted octanol–water partition coefficient (Wildman–Crippen LogP) is 5.26. The average Bonchev–Trinajstić information content (AvgIpc) is 3.36. The first kappa shape index (κ1) is 23.8. The van der Waals surface area contributed by atoms with Crippen LogP contribution in [0.2, 0.25) is 0 Å². The van der Waals surface area contributed by atoms with Crippen molar-refractivity contribution >= 4 is 28.6 Å². The number of carbonyl (C=O) groups is 1. The lowest BCUT2D eigenvalue weighted by atomic mass is 10.1. The molecule has 0 spiro atoms. The van der Waals surface area contributed by atoms with E-state index < -0.39 is 0 Å². The molecule has 3 aromatic carbocycles. The van der Waals surface area contributed by atoms with Crippen molar-refractivity contribution in [2.75, 3.05) is 24.9 Å². The zero-order chi connectivity index (χ0) is 25.8. The van der Waals surface area contributed by atoms with Gasteiger partial charge in [0.05, 0.1) is 31.3 Å². The molecule has 9 heteroatoms. The molecule has 0 aliphatic rings. The molecule has 2 aromatic heterocycles. The van der Waals surface area contributed by atoms with Crippen LogP contribution in [0, 0.1) is 0 Å². The summed E-state index contributed by atoms with van der Waals surface area (Å²) < 4.78 is 12.4. The molecule has 37 heavy (non-hydrogen) atoms. The van der Waals surface area contributed by atoms with Gasteiger partial charge >= 0.3 is 0 Å². The molecule has 2 N–H and O–H groups in total. The highest BCUT2D eigenvalue weighted by Crippen LogP contribution is 2.28. The molecule has 0 saturated heterocycles. The number of nitrogens with zero attached hydrogens (tertiary/aromatic N) is 4. The molecule has 5 rings (SSSR count). The molecule has 1 atom stereocenters. The number of methoxy groups -OCH3 is 2. The lowest BCUT2D eigenvalue weighted by Crippen LogP contribution is -2.12. The van der Waals surface area contributed by atoms with Crippen molar-refractivity contribution < 1.29 is 14.3 Å². The van der Waals surface area contributed by atoms with Gasteiger partial charge in [0, 0.05) is 17.4 Å². The predicted molar refractivity (Wildman–Crippen MR) is 143 cm³/mol. The van der Waals surface area contributed by atoms with Crippen LogP contribution >= 0.6 is 0 Å². The Hall–Kier alpha value is -4.92. The van der Waals surface area contributed by atoms with E-state index in [9.17, 15) is 4.79 Å². The minimum atomic E-state index is -0.265. The number of benzene rings is 3. The average molecular weight is 495 g/mol. The number of rotatable bonds is 8. The summed E-state index contributed by atoms with van der Waals surface area (Å²) in [4.78, 5) is 26.4. The van der Waals surface area contributed by atoms with Crippen molar-refractivity contribution in [3.05, 3.63) is 96.4 Å². The normalized spacial score (nSPS) is 11.6. The van der Waals surface area contributed by atoms with Crippen molar-refractivity contribution in [2.45, 2.75) is 13.0 Å². The summed E-state index contributed by atoms with van der Waals surface area (Å²) in [5.41, 5.74) is 3.79. The molecule has 186 valence electrons. The van der Waals surface area contributed by atoms with Crippen LogP contribution in [0.1, 0.15) is 28.9 Å². The number of nitrogens with one attached hydrogen (secondary N) is 2. The fourth-order valence-electron chi connectivity index (χ4n) is 4.03. The molecule has 0 bridgehead atoms. The number of carbonyl (C=O) groups excluding carboxylic acids is 1. The standard InChI is InChI=1S/C28H26N6O3/c1-18(19-7-5-4-6-8-19)31-28-29-14-13-26(33-28)34-17-30-22-16-21(10-11-23(22)34)32-27(35)20-9-12-24(36-2)25(15-20)37-3/h4-18H,1-3H3,(H,32,35)(H,29,31,33)/t18-/m0/s1. The van der Waals surface area contributed by atoms with Gasteiger partial charge < -0.3 is 20.1 Å². The van der Waals surface area contributed by atoms with E-state index in [0.717, 1.165) is 16.6 Å². The number of hydrogen-bond acceptors (Lipinski definition) is 7. The molecule has 0 fully saturated rings. The molecule has 0 aliphatic heterocycles. The zero-order valence-corrected chi connectivity index (χ0v) is 20.7. The molecular formula is C28H26N6O3. The van der Waals surface area contributed by atoms with E-state index in [4.69, 9.17) is 9.47 Å². The molecule has 5 aromatic rings. The fourth-order valence-corrected chi connectivity index (χ4v) is 4.03. The van der Waals surface area contributed by atoms with Crippen molar-refractivity contribution in [3.63, 3.8) is 0 Å². The van der Waals surface area contributed by atoms with Gasteiger partial charge in [-0.15, -0.1) is 0 Å². The van der Waals surface area contributed by atoms with E-state index in [1.165, 1.54) is 7.11 Å². The third-order valence-electron chi connectivity index (χ3n) is 5.98. The van der Waals surface area contributed by atoms with Gasteiger partial charge in [-0.25, -0.2) is 9.97 Å². The largest absolute Gasteiger partial charge is 0.493 e. The molecule has 0 unspecified atom stereocenters. The Morgan fingerprint density at radius 2 is 1.73 bits per heavy atom. The summed E-state index contributed by atoms with van der Waals surface area (Å²) in [5, 5.41) is 6.26. The van der Waals surface area contributed by atoms with Crippen LogP contribution < -0.4 is 20.1 Å². The maximum atomic E-state index is 12.8. The minimum Gasteiger partial charge on any atom is -0.493 e. The lowest BCUT2D eigenvalue weighted by Gasteiger charge is -2.14. The van der Waals surface area contributed by atoms with Crippen LogP contribution in [0.4, 0.5) is 11.6 Å². The first-order valence-corrected chi connectivity index (χ1v) is 11.7. The number of aromatic nitrogens is 4. The Kier molecular flexibility index (Phi) is 6.67. The third-order valence-corrected chi connectivity index (χ3v) is 5.98. The Morgan fingerprint density at radius 1 is 0.919 bits per heavy atom. The second-order valence-corrected chi connectivity index (χ2v) is 8.36. The minimum absolute atomic E-state index is 0.0489. The molecule has 0 saturated carbocycles. The highest BCUT2D eigenvalue weighted by atomic mass is 16.5. The van der Waals surface area contributed by atoms with Gasteiger partial charge in [0.25, 0.3) is 5.91 Å². The molecule has 9 nitrogen and oxygen atoms in total. The van der Waals surface area contributed by atoms with Crippen molar-refractivity contribution in [3.8, 4) is 17.3 Å². The summed E-state index contributed by atoms with van der Waals surface area (Å²) >= 11 is 0. The number of ether oxygens (including phenoxy) is 2. The third kappa shape index (κ3) is 5.06. The van der Waals surface area contributed by atoms with E-state index in [1.807, 2.05) is 47.0 Å². The van der Waals surface area contributed by atoms with Crippen LogP contribution in [-0.2, 0) is 0 Å². The Labute approximate surface area is 214 Å². The van der Waals surface area contributed by atoms with E-state index in [0.29, 0.717) is 34.5 Å². The lowest BCUT2D eigenvalue weighted by molar-refractivity contribution is 0.102. The highest BCUT2D eigenvalue weighted by Gasteiger charge is 2.13. The topological polar surface area (TPSA) is 103 Å². The maximum absolute atomic E-state index is 12.8. The second-order valence-electron chi connectivity index (χ2n) is 8.36. The van der Waals surface area contributed by atoms with E-state index in [-0.39, 0.29) is 11.9 Å². The monoisotopic (exact) mass is 494 g/mol. The summed E-state index contributed by atoms with van der Waals surface area (Å²) in [7, 11) is 3.08. The van der Waals surface area contributed by atoms with Crippen LogP contribution in [0.5, 0.6) is 11.5 Å². The molecule has 0 radical (unpaired) electrons. The van der Waals surface area contributed by atoms with Crippen LogP contribution in [0.15, 0.2) is 85.3 Å². The Morgan fingerprint density at radius 3 is 2.51 bits per heavy atom. The summed E-state index contributed by atoms with van der Waals surface area (Å²) in [6.45, 7) is 2.07. The number of hydrogen-bond donors (Lipinski definition) is 2. The van der Waals surface area contributed by atoms with Gasteiger partial charge in [0.1, 0.15) is 12.1 Å². The number of amides is 1. The summed E-state index contributed by atoms with van der Waals surface area (Å²) in [6, 6.07) is 22.6. The molecule has 2 heterocycles. The van der Waals surface area contributed by atoms with Crippen LogP contribution in [0.25, 0.3) is 16.9 Å². The van der Waals surface area contributed by atoms with E-state index in [1.54, 1.807) is 37.8 Å². The first-order chi connectivity index (χ1) is 18.1.